The lowest BCUT2D eigenvalue weighted by Crippen LogP contribution is -2.44. The standard InChI is InChI=1S/C11H19N5O2/c1-5-11(3,9(12)15-18)10(17)13-8-6-7(2)16(4)14-8/h6,18H,5H2,1-4H3,(H2,12,15)(H,13,14,17). The van der Waals surface area contributed by atoms with Crippen molar-refractivity contribution in [3.63, 3.8) is 0 Å². The fourth-order valence-corrected chi connectivity index (χ4v) is 1.44. The number of carbonyl (C=O) groups is 1. The molecule has 0 aromatic carbocycles. The van der Waals surface area contributed by atoms with E-state index in [1.54, 1.807) is 31.6 Å². The fraction of sp³-hybridized carbons (Fsp3) is 0.545. The lowest BCUT2D eigenvalue weighted by atomic mass is 9.85. The molecule has 1 rings (SSSR count). The molecule has 7 nitrogen and oxygen atoms in total. The third-order valence-electron chi connectivity index (χ3n) is 3.24. The maximum atomic E-state index is 12.2. The van der Waals surface area contributed by atoms with Crippen molar-refractivity contribution in [2.75, 3.05) is 5.32 Å². The highest BCUT2D eigenvalue weighted by Gasteiger charge is 2.36. The van der Waals surface area contributed by atoms with E-state index in [1.807, 2.05) is 6.92 Å². The second kappa shape index (κ2) is 5.07. The van der Waals surface area contributed by atoms with Gasteiger partial charge in [-0.05, 0) is 20.3 Å². The maximum Gasteiger partial charge on any atom is 0.239 e. The van der Waals surface area contributed by atoms with Crippen molar-refractivity contribution in [2.45, 2.75) is 27.2 Å². The van der Waals surface area contributed by atoms with Gasteiger partial charge in [0.05, 0.1) is 0 Å². The minimum Gasteiger partial charge on any atom is -0.409 e. The highest BCUT2D eigenvalue weighted by atomic mass is 16.4. The number of carbonyl (C=O) groups excluding carboxylic acids is 1. The Kier molecular flexibility index (Phi) is 3.95. The van der Waals surface area contributed by atoms with Gasteiger partial charge in [-0.1, -0.05) is 12.1 Å². The second-order valence-corrected chi connectivity index (χ2v) is 4.42. The molecule has 1 aromatic rings. The van der Waals surface area contributed by atoms with E-state index in [-0.39, 0.29) is 11.7 Å². The quantitative estimate of drug-likeness (QED) is 0.320. The predicted molar refractivity (Wildman–Crippen MR) is 68.4 cm³/mol. The van der Waals surface area contributed by atoms with Crippen LogP contribution in [0.5, 0.6) is 0 Å². The molecule has 0 spiro atoms. The lowest BCUT2D eigenvalue weighted by Gasteiger charge is -2.24. The molecule has 1 heterocycles. The van der Waals surface area contributed by atoms with Crippen LogP contribution in [0.15, 0.2) is 11.2 Å². The van der Waals surface area contributed by atoms with E-state index >= 15 is 0 Å². The minimum atomic E-state index is -1.06. The van der Waals surface area contributed by atoms with Gasteiger partial charge in [-0.3, -0.25) is 9.48 Å². The van der Waals surface area contributed by atoms with Gasteiger partial charge in [0, 0.05) is 18.8 Å². The number of amides is 1. The summed E-state index contributed by atoms with van der Waals surface area (Å²) in [5.74, 6) is -0.0148. The van der Waals surface area contributed by atoms with Crippen LogP contribution in [0.3, 0.4) is 0 Å². The summed E-state index contributed by atoms with van der Waals surface area (Å²) in [7, 11) is 1.79. The van der Waals surface area contributed by atoms with Gasteiger partial charge in [-0.2, -0.15) is 5.10 Å². The Balaban J connectivity index is 2.93. The number of nitrogens with two attached hydrogens (primary N) is 1. The smallest absolute Gasteiger partial charge is 0.239 e. The van der Waals surface area contributed by atoms with Crippen LogP contribution in [0.1, 0.15) is 26.0 Å². The van der Waals surface area contributed by atoms with Crippen LogP contribution in [0.2, 0.25) is 0 Å². The van der Waals surface area contributed by atoms with Gasteiger partial charge < -0.3 is 16.3 Å². The van der Waals surface area contributed by atoms with Gasteiger partial charge in [0.15, 0.2) is 11.7 Å². The first kappa shape index (κ1) is 14.0. The van der Waals surface area contributed by atoms with E-state index in [0.29, 0.717) is 12.2 Å². The number of oxime groups is 1. The van der Waals surface area contributed by atoms with Crippen molar-refractivity contribution in [3.8, 4) is 0 Å². The van der Waals surface area contributed by atoms with E-state index in [0.717, 1.165) is 5.69 Å². The van der Waals surface area contributed by atoms with Gasteiger partial charge in [-0.25, -0.2) is 0 Å². The van der Waals surface area contributed by atoms with Crippen LogP contribution in [0.4, 0.5) is 5.82 Å². The van der Waals surface area contributed by atoms with Crippen LogP contribution in [-0.2, 0) is 11.8 Å². The second-order valence-electron chi connectivity index (χ2n) is 4.42. The molecular formula is C11H19N5O2. The molecule has 0 aliphatic carbocycles. The van der Waals surface area contributed by atoms with E-state index in [1.165, 1.54) is 0 Å². The summed E-state index contributed by atoms with van der Waals surface area (Å²) in [4.78, 5) is 12.2. The first-order valence-electron chi connectivity index (χ1n) is 5.65. The largest absolute Gasteiger partial charge is 0.409 e. The first-order valence-corrected chi connectivity index (χ1v) is 5.65. The third kappa shape index (κ3) is 2.44. The lowest BCUT2D eigenvalue weighted by molar-refractivity contribution is -0.121. The summed E-state index contributed by atoms with van der Waals surface area (Å²) in [5.41, 5.74) is 5.43. The van der Waals surface area contributed by atoms with Gasteiger partial charge >= 0.3 is 0 Å². The number of aryl methyl sites for hydroxylation is 2. The van der Waals surface area contributed by atoms with Gasteiger partial charge in [0.1, 0.15) is 5.41 Å². The molecule has 0 fully saturated rings. The molecule has 0 radical (unpaired) electrons. The Morgan fingerprint density at radius 1 is 1.72 bits per heavy atom. The summed E-state index contributed by atoms with van der Waals surface area (Å²) in [6.45, 7) is 5.29. The van der Waals surface area contributed by atoms with Gasteiger partial charge in [-0.15, -0.1) is 0 Å². The number of hydrogen-bond acceptors (Lipinski definition) is 4. The minimum absolute atomic E-state index is 0.116. The molecule has 100 valence electrons. The van der Waals surface area contributed by atoms with Crippen molar-refractivity contribution < 1.29 is 10.0 Å². The van der Waals surface area contributed by atoms with Crippen LogP contribution in [0, 0.1) is 12.3 Å². The molecule has 0 saturated carbocycles. The zero-order valence-corrected chi connectivity index (χ0v) is 11.1. The third-order valence-corrected chi connectivity index (χ3v) is 3.24. The maximum absolute atomic E-state index is 12.2. The van der Waals surface area contributed by atoms with Crippen LogP contribution >= 0.6 is 0 Å². The molecule has 1 amide bonds. The summed E-state index contributed by atoms with van der Waals surface area (Å²) >= 11 is 0. The Hall–Kier alpha value is -2.05. The number of nitrogens with one attached hydrogen (secondary N) is 1. The van der Waals surface area contributed by atoms with E-state index in [4.69, 9.17) is 10.9 Å². The van der Waals surface area contributed by atoms with Crippen LogP contribution in [-0.4, -0.2) is 26.7 Å². The Morgan fingerprint density at radius 2 is 2.33 bits per heavy atom. The number of amidine groups is 1. The highest BCUT2D eigenvalue weighted by Crippen LogP contribution is 2.23. The SMILES string of the molecule is CCC(C)(C(=O)Nc1cc(C)n(C)n1)/C(N)=N/O. The Labute approximate surface area is 106 Å². The van der Waals surface area contributed by atoms with Gasteiger partial charge in [0.2, 0.25) is 5.91 Å². The molecule has 0 saturated heterocycles. The van der Waals surface area contributed by atoms with Crippen molar-refractivity contribution in [2.24, 2.45) is 23.4 Å². The summed E-state index contributed by atoms with van der Waals surface area (Å²) < 4.78 is 1.66. The number of nitrogens with zero attached hydrogens (tertiary/aromatic N) is 3. The van der Waals surface area contributed by atoms with Crippen molar-refractivity contribution >= 4 is 17.6 Å². The zero-order chi connectivity index (χ0) is 13.9. The van der Waals surface area contributed by atoms with Crippen LogP contribution in [0.25, 0.3) is 0 Å². The Morgan fingerprint density at radius 3 is 2.72 bits per heavy atom. The molecule has 1 aromatic heterocycles. The fourth-order valence-electron chi connectivity index (χ4n) is 1.44. The number of rotatable bonds is 4. The first-order chi connectivity index (χ1) is 8.35. The molecule has 0 aliphatic rings. The van der Waals surface area contributed by atoms with E-state index in [2.05, 4.69) is 15.6 Å². The molecule has 1 unspecified atom stereocenters. The molecule has 18 heavy (non-hydrogen) atoms. The number of aromatic nitrogens is 2. The molecule has 7 heteroatoms. The van der Waals surface area contributed by atoms with Crippen molar-refractivity contribution in [1.82, 2.24) is 9.78 Å². The summed E-state index contributed by atoms with van der Waals surface area (Å²) in [6, 6.07) is 1.75. The summed E-state index contributed by atoms with van der Waals surface area (Å²) in [6.07, 6.45) is 0.417. The van der Waals surface area contributed by atoms with Crippen molar-refractivity contribution in [1.29, 1.82) is 0 Å². The normalized spacial score (nSPS) is 15.2. The topological polar surface area (TPSA) is 106 Å². The van der Waals surface area contributed by atoms with Crippen molar-refractivity contribution in [3.05, 3.63) is 11.8 Å². The summed E-state index contributed by atoms with van der Waals surface area (Å²) in [5, 5.41) is 18.4. The van der Waals surface area contributed by atoms with E-state index in [9.17, 15) is 4.79 Å². The molecular weight excluding hydrogens is 234 g/mol. The molecule has 0 aliphatic heterocycles. The average molecular weight is 253 g/mol. The highest BCUT2D eigenvalue weighted by molar-refractivity contribution is 6.11. The number of hydrogen-bond donors (Lipinski definition) is 3. The van der Waals surface area contributed by atoms with Crippen LogP contribution < -0.4 is 11.1 Å². The van der Waals surface area contributed by atoms with E-state index < -0.39 is 5.41 Å². The monoisotopic (exact) mass is 253 g/mol. The number of anilines is 1. The predicted octanol–water partition coefficient (Wildman–Crippen LogP) is 0.830. The average Bonchev–Trinajstić information content (AvgIpc) is 2.65. The van der Waals surface area contributed by atoms with Gasteiger partial charge in [0.25, 0.3) is 0 Å². The zero-order valence-electron chi connectivity index (χ0n) is 11.1. The Bertz CT molecular complexity index is 460. The molecule has 1 atom stereocenters. The molecule has 0 bridgehead atoms. The molecule has 4 N–H and O–H groups in total.